The molecule has 1 aromatic carbocycles. The van der Waals surface area contributed by atoms with Crippen molar-refractivity contribution in [2.75, 3.05) is 0 Å². The number of carbonyl (C=O) groups is 1. The van der Waals surface area contributed by atoms with Crippen LogP contribution in [0.3, 0.4) is 0 Å². The van der Waals surface area contributed by atoms with Gasteiger partial charge in [0.05, 0.1) is 5.69 Å². The van der Waals surface area contributed by atoms with Crippen LogP contribution in [-0.4, -0.2) is 20.9 Å². The Bertz CT molecular complexity index is 597. The van der Waals surface area contributed by atoms with Gasteiger partial charge in [0.25, 0.3) is 0 Å². The molecule has 106 valence electrons. The van der Waals surface area contributed by atoms with E-state index in [1.54, 1.807) is 4.68 Å². The third-order valence-corrected chi connectivity index (χ3v) is 3.36. The Morgan fingerprint density at radius 3 is 2.50 bits per heavy atom. The number of carboxylic acids is 1. The van der Waals surface area contributed by atoms with Gasteiger partial charge in [-0.2, -0.15) is 5.10 Å². The lowest BCUT2D eigenvalue weighted by molar-refractivity contribution is -0.136. The van der Waals surface area contributed by atoms with Gasteiger partial charge >= 0.3 is 5.97 Å². The zero-order chi connectivity index (χ0) is 14.7. The van der Waals surface area contributed by atoms with Gasteiger partial charge in [-0.25, -0.2) is 0 Å². The molecule has 0 atom stereocenters. The molecule has 1 heterocycles. The van der Waals surface area contributed by atoms with E-state index in [0.717, 1.165) is 16.8 Å². The van der Waals surface area contributed by atoms with Crippen LogP contribution in [0.15, 0.2) is 30.5 Å². The molecule has 4 heteroatoms. The highest BCUT2D eigenvalue weighted by Crippen LogP contribution is 2.25. The van der Waals surface area contributed by atoms with E-state index in [1.165, 1.54) is 5.56 Å². The predicted octanol–water partition coefficient (Wildman–Crippen LogP) is 3.23. The highest BCUT2D eigenvalue weighted by Gasteiger charge is 2.12. The number of rotatable bonds is 5. The average molecular weight is 272 g/mol. The van der Waals surface area contributed by atoms with Crippen molar-refractivity contribution in [3.05, 3.63) is 41.6 Å². The molecule has 1 aromatic heterocycles. The highest BCUT2D eigenvalue weighted by atomic mass is 16.4. The van der Waals surface area contributed by atoms with Crippen molar-refractivity contribution in [2.45, 2.75) is 32.6 Å². The summed E-state index contributed by atoms with van der Waals surface area (Å²) in [4.78, 5) is 10.7. The fourth-order valence-corrected chi connectivity index (χ4v) is 2.23. The third kappa shape index (κ3) is 3.26. The lowest BCUT2D eigenvalue weighted by Gasteiger charge is -2.06. The second-order valence-corrected chi connectivity index (χ2v) is 5.35. The standard InChI is InChI=1S/C16H20N2O2/c1-11(2)12-4-6-13(7-5-12)16-14(8-9-15(19)20)10-18(3)17-16/h4-7,10-11H,8-9H2,1-3H3,(H,19,20). The van der Waals surface area contributed by atoms with Crippen LogP contribution in [0, 0.1) is 0 Å². The predicted molar refractivity (Wildman–Crippen MR) is 78.7 cm³/mol. The molecule has 0 aliphatic rings. The van der Waals surface area contributed by atoms with Crippen LogP contribution in [0.25, 0.3) is 11.3 Å². The minimum Gasteiger partial charge on any atom is -0.481 e. The fourth-order valence-electron chi connectivity index (χ4n) is 2.23. The van der Waals surface area contributed by atoms with Gasteiger partial charge in [-0.15, -0.1) is 0 Å². The van der Waals surface area contributed by atoms with Crippen LogP contribution in [0.5, 0.6) is 0 Å². The first-order valence-corrected chi connectivity index (χ1v) is 6.82. The molecule has 0 unspecified atom stereocenters. The van der Waals surface area contributed by atoms with Gasteiger partial charge in [-0.3, -0.25) is 9.48 Å². The van der Waals surface area contributed by atoms with Crippen LogP contribution in [0.1, 0.15) is 37.3 Å². The van der Waals surface area contributed by atoms with Gasteiger partial charge in [0.2, 0.25) is 0 Å². The summed E-state index contributed by atoms with van der Waals surface area (Å²) in [7, 11) is 1.86. The quantitative estimate of drug-likeness (QED) is 0.909. The van der Waals surface area contributed by atoms with E-state index in [2.05, 4.69) is 43.2 Å². The molecule has 0 amide bonds. The second-order valence-electron chi connectivity index (χ2n) is 5.35. The van der Waals surface area contributed by atoms with Crippen LogP contribution in [0.2, 0.25) is 0 Å². The van der Waals surface area contributed by atoms with Gasteiger partial charge in [0.15, 0.2) is 0 Å². The van der Waals surface area contributed by atoms with Crippen molar-refractivity contribution in [3.63, 3.8) is 0 Å². The van der Waals surface area contributed by atoms with Crippen molar-refractivity contribution < 1.29 is 9.90 Å². The van der Waals surface area contributed by atoms with E-state index in [1.807, 2.05) is 13.2 Å². The van der Waals surface area contributed by atoms with Crippen molar-refractivity contribution >= 4 is 5.97 Å². The summed E-state index contributed by atoms with van der Waals surface area (Å²) in [5.41, 5.74) is 4.18. The number of hydrogen-bond acceptors (Lipinski definition) is 2. The summed E-state index contributed by atoms with van der Waals surface area (Å²) >= 11 is 0. The maximum absolute atomic E-state index is 10.7. The Labute approximate surface area is 119 Å². The van der Waals surface area contributed by atoms with E-state index in [9.17, 15) is 4.79 Å². The summed E-state index contributed by atoms with van der Waals surface area (Å²) in [6.07, 6.45) is 2.53. The summed E-state index contributed by atoms with van der Waals surface area (Å²) in [6.45, 7) is 4.32. The van der Waals surface area contributed by atoms with Crippen LogP contribution < -0.4 is 0 Å². The molecular formula is C16H20N2O2. The zero-order valence-electron chi connectivity index (χ0n) is 12.1. The van der Waals surface area contributed by atoms with Crippen molar-refractivity contribution in [1.29, 1.82) is 0 Å². The monoisotopic (exact) mass is 272 g/mol. The van der Waals surface area contributed by atoms with Gasteiger partial charge < -0.3 is 5.11 Å². The molecule has 1 N–H and O–H groups in total. The Kier molecular flexibility index (Phi) is 4.23. The first-order chi connectivity index (χ1) is 9.47. The average Bonchev–Trinajstić information content (AvgIpc) is 2.77. The number of benzene rings is 1. The SMILES string of the molecule is CC(C)c1ccc(-c2nn(C)cc2CCC(=O)O)cc1. The molecule has 0 saturated carbocycles. The van der Waals surface area contributed by atoms with E-state index < -0.39 is 5.97 Å². The molecule has 0 saturated heterocycles. The van der Waals surface area contributed by atoms with Crippen LogP contribution >= 0.6 is 0 Å². The van der Waals surface area contributed by atoms with E-state index >= 15 is 0 Å². The third-order valence-electron chi connectivity index (χ3n) is 3.36. The molecule has 0 radical (unpaired) electrons. The van der Waals surface area contributed by atoms with Crippen molar-refractivity contribution in [1.82, 2.24) is 9.78 Å². The van der Waals surface area contributed by atoms with Crippen molar-refractivity contribution in [3.8, 4) is 11.3 Å². The number of aryl methyl sites for hydroxylation is 2. The van der Waals surface area contributed by atoms with Crippen molar-refractivity contribution in [2.24, 2.45) is 7.05 Å². The number of aliphatic carboxylic acids is 1. The Morgan fingerprint density at radius 2 is 1.95 bits per heavy atom. The van der Waals surface area contributed by atoms with Gasteiger partial charge in [-0.1, -0.05) is 38.1 Å². The first kappa shape index (κ1) is 14.3. The fraction of sp³-hybridized carbons (Fsp3) is 0.375. The highest BCUT2D eigenvalue weighted by molar-refractivity contribution is 5.69. The van der Waals surface area contributed by atoms with E-state index in [4.69, 9.17) is 5.11 Å². The molecule has 0 aliphatic heterocycles. The molecule has 0 bridgehead atoms. The van der Waals surface area contributed by atoms with Gasteiger partial charge in [0.1, 0.15) is 0 Å². The Balaban J connectivity index is 2.29. The first-order valence-electron chi connectivity index (χ1n) is 6.82. The zero-order valence-corrected chi connectivity index (χ0v) is 12.1. The van der Waals surface area contributed by atoms with Gasteiger partial charge in [-0.05, 0) is 23.5 Å². The molecule has 2 rings (SSSR count). The summed E-state index contributed by atoms with van der Waals surface area (Å²) in [5, 5.41) is 13.3. The summed E-state index contributed by atoms with van der Waals surface area (Å²) in [6, 6.07) is 8.33. The lowest BCUT2D eigenvalue weighted by Crippen LogP contribution is -1.98. The lowest BCUT2D eigenvalue weighted by atomic mass is 9.99. The molecule has 0 fully saturated rings. The minimum absolute atomic E-state index is 0.128. The largest absolute Gasteiger partial charge is 0.481 e. The molecule has 20 heavy (non-hydrogen) atoms. The topological polar surface area (TPSA) is 55.1 Å². The van der Waals surface area contributed by atoms with E-state index in [-0.39, 0.29) is 6.42 Å². The normalized spacial score (nSPS) is 11.0. The minimum atomic E-state index is -0.782. The number of hydrogen-bond donors (Lipinski definition) is 1. The van der Waals surface area contributed by atoms with Crippen LogP contribution in [-0.2, 0) is 18.3 Å². The Hall–Kier alpha value is -2.10. The molecule has 0 aliphatic carbocycles. The molecule has 0 spiro atoms. The maximum Gasteiger partial charge on any atom is 0.303 e. The smallest absolute Gasteiger partial charge is 0.303 e. The number of nitrogens with zero attached hydrogens (tertiary/aromatic N) is 2. The second kappa shape index (κ2) is 5.90. The number of aromatic nitrogens is 2. The molecule has 4 nitrogen and oxygen atoms in total. The Morgan fingerprint density at radius 1 is 1.30 bits per heavy atom. The maximum atomic E-state index is 10.7. The summed E-state index contributed by atoms with van der Waals surface area (Å²) in [5.74, 6) is -0.283. The molecule has 2 aromatic rings. The van der Waals surface area contributed by atoms with E-state index in [0.29, 0.717) is 12.3 Å². The van der Waals surface area contributed by atoms with Gasteiger partial charge in [0, 0.05) is 25.2 Å². The summed E-state index contributed by atoms with van der Waals surface area (Å²) < 4.78 is 1.74. The number of carboxylic acid groups (broad SMARTS) is 1. The molecular weight excluding hydrogens is 252 g/mol. The van der Waals surface area contributed by atoms with Crippen LogP contribution in [0.4, 0.5) is 0 Å².